The number of rotatable bonds is 4. The highest BCUT2D eigenvalue weighted by Gasteiger charge is 2.27. The van der Waals surface area contributed by atoms with Crippen LogP contribution in [0.1, 0.15) is 17.2 Å². The fraction of sp³-hybridized carbons (Fsp3) is 0.125. The van der Waals surface area contributed by atoms with Crippen LogP contribution >= 0.6 is 15.9 Å². The summed E-state index contributed by atoms with van der Waals surface area (Å²) in [5, 5.41) is 3.51. The van der Waals surface area contributed by atoms with E-state index >= 15 is 0 Å². The van der Waals surface area contributed by atoms with Crippen molar-refractivity contribution in [2.75, 3.05) is 19.5 Å². The zero-order chi connectivity index (χ0) is 20.7. The molecule has 1 N–H and O–H groups in total. The van der Waals surface area contributed by atoms with Crippen molar-refractivity contribution >= 4 is 38.6 Å². The van der Waals surface area contributed by atoms with Gasteiger partial charge in [0.1, 0.15) is 11.5 Å². The predicted molar refractivity (Wildman–Crippen MR) is 123 cm³/mol. The third kappa shape index (κ3) is 3.13. The summed E-state index contributed by atoms with van der Waals surface area (Å²) in [6.07, 6.45) is 2.22. The number of halogens is 1. The van der Waals surface area contributed by atoms with E-state index in [9.17, 15) is 0 Å². The Balaban J connectivity index is 1.73. The van der Waals surface area contributed by atoms with E-state index in [1.807, 2.05) is 42.5 Å². The minimum atomic E-state index is -0.0897. The number of ether oxygens (including phenoxy) is 2. The summed E-state index contributed by atoms with van der Waals surface area (Å²) in [4.78, 5) is 4.85. The van der Waals surface area contributed by atoms with Crippen LogP contribution in [0, 0.1) is 0 Å². The van der Waals surface area contributed by atoms with E-state index in [-0.39, 0.29) is 6.04 Å². The lowest BCUT2D eigenvalue weighted by molar-refractivity contribution is 0.389. The Hall–Kier alpha value is -3.25. The summed E-state index contributed by atoms with van der Waals surface area (Å²) >= 11 is 3.51. The monoisotopic (exact) mass is 461 g/mol. The Morgan fingerprint density at radius 3 is 2.53 bits per heavy atom. The molecular weight excluding hydrogens is 442 g/mol. The van der Waals surface area contributed by atoms with Crippen molar-refractivity contribution in [3.05, 3.63) is 88.4 Å². The van der Waals surface area contributed by atoms with E-state index < -0.39 is 0 Å². The van der Waals surface area contributed by atoms with Gasteiger partial charge in [0.25, 0.3) is 0 Å². The summed E-state index contributed by atoms with van der Waals surface area (Å²) in [6, 6.07) is 22.3. The van der Waals surface area contributed by atoms with E-state index in [2.05, 4.69) is 56.2 Å². The van der Waals surface area contributed by atoms with Crippen LogP contribution < -0.4 is 14.8 Å². The lowest BCUT2D eigenvalue weighted by Crippen LogP contribution is -2.19. The molecule has 0 saturated carbocycles. The zero-order valence-corrected chi connectivity index (χ0v) is 18.2. The van der Waals surface area contributed by atoms with E-state index in [0.29, 0.717) is 0 Å². The molecule has 5 nitrogen and oxygen atoms in total. The first-order chi connectivity index (χ1) is 14.7. The molecule has 150 valence electrons. The van der Waals surface area contributed by atoms with Gasteiger partial charge in [-0.2, -0.15) is 0 Å². The van der Waals surface area contributed by atoms with Gasteiger partial charge in [0.15, 0.2) is 0 Å². The molecule has 1 unspecified atom stereocenters. The van der Waals surface area contributed by atoms with Crippen LogP contribution in [0.3, 0.4) is 0 Å². The molecule has 0 amide bonds. The SMILES string of the molecule is COc1ccc(C2C=C(c3ccc(Br)cc3)Nc3nc4ccccc4n32)c(OC)c1. The van der Waals surface area contributed by atoms with Crippen LogP contribution in [0.15, 0.2) is 77.3 Å². The molecule has 1 aromatic heterocycles. The summed E-state index contributed by atoms with van der Waals surface area (Å²) in [6.45, 7) is 0. The molecule has 1 atom stereocenters. The minimum absolute atomic E-state index is 0.0897. The van der Waals surface area contributed by atoms with Gasteiger partial charge in [-0.05, 0) is 48.0 Å². The fourth-order valence-corrected chi connectivity index (χ4v) is 4.16. The third-order valence-corrected chi connectivity index (χ3v) is 5.89. The number of anilines is 1. The molecule has 0 radical (unpaired) electrons. The molecule has 30 heavy (non-hydrogen) atoms. The number of benzene rings is 3. The van der Waals surface area contributed by atoms with Crippen LogP contribution in [0.4, 0.5) is 5.95 Å². The molecule has 0 fully saturated rings. The average molecular weight is 462 g/mol. The van der Waals surface area contributed by atoms with Crippen LogP contribution in [0.25, 0.3) is 16.7 Å². The van der Waals surface area contributed by atoms with E-state index in [4.69, 9.17) is 14.5 Å². The smallest absolute Gasteiger partial charge is 0.209 e. The standard InChI is InChI=1S/C24H20BrN3O2/c1-29-17-11-12-18(23(13-17)30-2)22-14-20(15-7-9-16(25)10-8-15)27-24-26-19-5-3-4-6-21(19)28(22)24/h3-14,22H,1-2H3,(H,26,27). The van der Waals surface area contributed by atoms with Crippen molar-refractivity contribution in [3.63, 3.8) is 0 Å². The lowest BCUT2D eigenvalue weighted by atomic mass is 10.00. The molecule has 4 aromatic rings. The second-order valence-electron chi connectivity index (χ2n) is 7.06. The Bertz CT molecular complexity index is 1260. The number of imidazole rings is 1. The molecule has 0 spiro atoms. The summed E-state index contributed by atoms with van der Waals surface area (Å²) in [5.74, 6) is 2.34. The quantitative estimate of drug-likeness (QED) is 0.412. The maximum Gasteiger partial charge on any atom is 0.209 e. The number of fused-ring (bicyclic) bond motifs is 3. The highest BCUT2D eigenvalue weighted by atomic mass is 79.9. The second kappa shape index (κ2) is 7.54. The van der Waals surface area contributed by atoms with E-state index in [1.165, 1.54) is 0 Å². The molecule has 6 heteroatoms. The van der Waals surface area contributed by atoms with Gasteiger partial charge in [-0.15, -0.1) is 0 Å². The molecule has 0 saturated heterocycles. The molecule has 3 aromatic carbocycles. The second-order valence-corrected chi connectivity index (χ2v) is 7.97. The van der Waals surface area contributed by atoms with Crippen LogP contribution in [0.2, 0.25) is 0 Å². The molecule has 0 bridgehead atoms. The largest absolute Gasteiger partial charge is 0.497 e. The predicted octanol–water partition coefficient (Wildman–Crippen LogP) is 5.87. The molecule has 5 rings (SSSR count). The highest BCUT2D eigenvalue weighted by Crippen LogP contribution is 2.40. The van der Waals surface area contributed by atoms with Gasteiger partial charge < -0.3 is 14.8 Å². The number of hydrogen-bond acceptors (Lipinski definition) is 4. The molecule has 0 aliphatic carbocycles. The first-order valence-electron chi connectivity index (χ1n) is 9.61. The average Bonchev–Trinajstić information content (AvgIpc) is 3.17. The topological polar surface area (TPSA) is 48.3 Å². The number of methoxy groups -OCH3 is 2. The van der Waals surface area contributed by atoms with Crippen molar-refractivity contribution in [1.29, 1.82) is 0 Å². The van der Waals surface area contributed by atoms with E-state index in [1.54, 1.807) is 14.2 Å². The maximum atomic E-state index is 5.73. The molecule has 1 aliphatic heterocycles. The Morgan fingerprint density at radius 1 is 0.967 bits per heavy atom. The Labute approximate surface area is 183 Å². The first kappa shape index (κ1) is 18.8. The molecular formula is C24H20BrN3O2. The lowest BCUT2D eigenvalue weighted by Gasteiger charge is -2.27. The minimum Gasteiger partial charge on any atom is -0.497 e. The summed E-state index contributed by atoms with van der Waals surface area (Å²) in [5.41, 5.74) is 5.15. The first-order valence-corrected chi connectivity index (χ1v) is 10.4. The van der Waals surface area contributed by atoms with Gasteiger partial charge >= 0.3 is 0 Å². The van der Waals surface area contributed by atoms with Gasteiger partial charge in [0.05, 0.1) is 31.3 Å². The number of allylic oxidation sites excluding steroid dienone is 1. The maximum absolute atomic E-state index is 5.73. The van der Waals surface area contributed by atoms with Gasteiger partial charge in [0.2, 0.25) is 5.95 Å². The fourth-order valence-electron chi connectivity index (χ4n) is 3.90. The van der Waals surface area contributed by atoms with Crippen molar-refractivity contribution in [1.82, 2.24) is 9.55 Å². The van der Waals surface area contributed by atoms with Crippen molar-refractivity contribution in [2.45, 2.75) is 6.04 Å². The normalized spacial score (nSPS) is 15.3. The van der Waals surface area contributed by atoms with Crippen LogP contribution in [0.5, 0.6) is 11.5 Å². The van der Waals surface area contributed by atoms with Crippen molar-refractivity contribution < 1.29 is 9.47 Å². The van der Waals surface area contributed by atoms with Gasteiger partial charge in [0, 0.05) is 21.8 Å². The summed E-state index contributed by atoms with van der Waals surface area (Å²) < 4.78 is 14.4. The third-order valence-electron chi connectivity index (χ3n) is 5.36. The van der Waals surface area contributed by atoms with Crippen LogP contribution in [-0.2, 0) is 0 Å². The number of hydrogen-bond donors (Lipinski definition) is 1. The number of nitrogens with one attached hydrogen (secondary N) is 1. The van der Waals surface area contributed by atoms with Gasteiger partial charge in [-0.25, -0.2) is 4.98 Å². The highest BCUT2D eigenvalue weighted by molar-refractivity contribution is 9.10. The molecule has 1 aliphatic rings. The van der Waals surface area contributed by atoms with Crippen molar-refractivity contribution in [2.24, 2.45) is 0 Å². The summed E-state index contributed by atoms with van der Waals surface area (Å²) in [7, 11) is 3.34. The van der Waals surface area contributed by atoms with Gasteiger partial charge in [-0.3, -0.25) is 4.57 Å². The van der Waals surface area contributed by atoms with Gasteiger partial charge in [-0.1, -0.05) is 40.2 Å². The Kier molecular flexibility index (Phi) is 4.71. The van der Waals surface area contributed by atoms with E-state index in [0.717, 1.165) is 49.8 Å². The molecule has 2 heterocycles. The number of aromatic nitrogens is 2. The number of para-hydroxylation sites is 2. The van der Waals surface area contributed by atoms with Crippen molar-refractivity contribution in [3.8, 4) is 11.5 Å². The zero-order valence-electron chi connectivity index (χ0n) is 16.6. The van der Waals surface area contributed by atoms with Crippen LogP contribution in [-0.4, -0.2) is 23.8 Å². The Morgan fingerprint density at radius 2 is 1.77 bits per heavy atom. The number of nitrogens with zero attached hydrogens (tertiary/aromatic N) is 2.